The van der Waals surface area contributed by atoms with Crippen LogP contribution in [0.2, 0.25) is 0 Å². The van der Waals surface area contributed by atoms with Gasteiger partial charge in [0.15, 0.2) is 0 Å². The van der Waals surface area contributed by atoms with Gasteiger partial charge in [0.2, 0.25) is 11.8 Å². The molecule has 0 aromatic carbocycles. The lowest BCUT2D eigenvalue weighted by Crippen LogP contribution is -2.01. The zero-order valence-corrected chi connectivity index (χ0v) is 8.07. The molecule has 0 saturated heterocycles. The lowest BCUT2D eigenvalue weighted by atomic mass is 10.4. The second-order valence-electron chi connectivity index (χ2n) is 2.83. The molecule has 7 nitrogen and oxygen atoms in total. The van der Waals surface area contributed by atoms with Crippen molar-refractivity contribution in [2.45, 2.75) is 0 Å². The van der Waals surface area contributed by atoms with Crippen molar-refractivity contribution in [3.8, 4) is 0 Å². The van der Waals surface area contributed by atoms with Crippen molar-refractivity contribution in [2.75, 3.05) is 5.32 Å². The molecule has 2 heterocycles. The van der Waals surface area contributed by atoms with Crippen LogP contribution in [0.1, 0.15) is 0 Å². The van der Waals surface area contributed by atoms with Crippen molar-refractivity contribution in [3.63, 3.8) is 0 Å². The third kappa shape index (κ3) is 2.08. The molecular weight excluding hydrogens is 210 g/mol. The van der Waals surface area contributed by atoms with E-state index in [1.165, 1.54) is 30.7 Å². The number of hydrogen-bond acceptors (Lipinski definition) is 6. The summed E-state index contributed by atoms with van der Waals surface area (Å²) in [5, 5.41) is 13.4. The third-order valence-corrected chi connectivity index (χ3v) is 1.78. The van der Waals surface area contributed by atoms with Crippen molar-refractivity contribution in [2.24, 2.45) is 0 Å². The molecule has 0 fully saturated rings. The van der Waals surface area contributed by atoms with E-state index < -0.39 is 4.92 Å². The van der Waals surface area contributed by atoms with Crippen LogP contribution >= 0.6 is 0 Å². The van der Waals surface area contributed by atoms with E-state index in [0.29, 0.717) is 0 Å². The maximum Gasteiger partial charge on any atom is 0.311 e. The highest BCUT2D eigenvalue weighted by atomic mass is 16.6. The number of nitrogens with zero attached hydrogens (tertiary/aromatic N) is 4. The Morgan fingerprint density at radius 1 is 1.12 bits per heavy atom. The van der Waals surface area contributed by atoms with Crippen LogP contribution in [0.4, 0.5) is 17.5 Å². The van der Waals surface area contributed by atoms with Gasteiger partial charge in [-0.25, -0.2) is 15.0 Å². The standard InChI is InChI=1S/C9H7N5O2/c15-14(16)7-3-1-4-10-8(7)13-9-11-5-2-6-12-9/h1-6H,(H,10,11,12,13). The summed E-state index contributed by atoms with van der Waals surface area (Å²) in [5.74, 6) is 0.392. The van der Waals surface area contributed by atoms with Crippen molar-refractivity contribution in [1.29, 1.82) is 0 Å². The van der Waals surface area contributed by atoms with E-state index in [0.717, 1.165) is 0 Å². The van der Waals surface area contributed by atoms with E-state index in [4.69, 9.17) is 0 Å². The fourth-order valence-electron chi connectivity index (χ4n) is 1.11. The molecule has 16 heavy (non-hydrogen) atoms. The van der Waals surface area contributed by atoms with Crippen LogP contribution in [0.5, 0.6) is 0 Å². The number of aromatic nitrogens is 3. The van der Waals surface area contributed by atoms with Crippen LogP contribution in [-0.4, -0.2) is 19.9 Å². The lowest BCUT2D eigenvalue weighted by molar-refractivity contribution is -0.384. The topological polar surface area (TPSA) is 93.8 Å². The average Bonchev–Trinajstić information content (AvgIpc) is 2.31. The van der Waals surface area contributed by atoms with Crippen molar-refractivity contribution >= 4 is 17.5 Å². The predicted molar refractivity (Wildman–Crippen MR) is 56.2 cm³/mol. The highest BCUT2D eigenvalue weighted by Crippen LogP contribution is 2.22. The van der Waals surface area contributed by atoms with Gasteiger partial charge >= 0.3 is 5.69 Å². The van der Waals surface area contributed by atoms with Gasteiger partial charge in [-0.05, 0) is 12.1 Å². The van der Waals surface area contributed by atoms with Gasteiger partial charge in [0.1, 0.15) is 0 Å². The molecule has 1 N–H and O–H groups in total. The number of anilines is 2. The summed E-state index contributed by atoms with van der Waals surface area (Å²) in [6.45, 7) is 0. The van der Waals surface area contributed by atoms with E-state index in [1.54, 1.807) is 6.07 Å². The van der Waals surface area contributed by atoms with Gasteiger partial charge in [0, 0.05) is 24.7 Å². The molecule has 0 amide bonds. The van der Waals surface area contributed by atoms with Gasteiger partial charge in [0.05, 0.1) is 4.92 Å². The summed E-state index contributed by atoms with van der Waals surface area (Å²) >= 11 is 0. The maximum absolute atomic E-state index is 10.7. The highest BCUT2D eigenvalue weighted by Gasteiger charge is 2.14. The first-order chi connectivity index (χ1) is 7.77. The van der Waals surface area contributed by atoms with Crippen molar-refractivity contribution < 1.29 is 4.92 Å². The minimum Gasteiger partial charge on any atom is -0.303 e. The zero-order chi connectivity index (χ0) is 11.4. The van der Waals surface area contributed by atoms with E-state index in [1.807, 2.05) is 0 Å². The first kappa shape index (κ1) is 9.97. The van der Waals surface area contributed by atoms with Crippen LogP contribution in [0.3, 0.4) is 0 Å². The van der Waals surface area contributed by atoms with E-state index in [9.17, 15) is 10.1 Å². The fraction of sp³-hybridized carbons (Fsp3) is 0. The first-order valence-electron chi connectivity index (χ1n) is 4.41. The summed E-state index contributed by atoms with van der Waals surface area (Å²) in [4.78, 5) is 21.8. The van der Waals surface area contributed by atoms with Gasteiger partial charge in [-0.3, -0.25) is 10.1 Å². The lowest BCUT2D eigenvalue weighted by Gasteiger charge is -2.02. The van der Waals surface area contributed by atoms with Gasteiger partial charge < -0.3 is 5.32 Å². The minimum absolute atomic E-state index is 0.116. The highest BCUT2D eigenvalue weighted by molar-refractivity contribution is 5.60. The number of rotatable bonds is 3. The monoisotopic (exact) mass is 217 g/mol. The number of pyridine rings is 1. The zero-order valence-electron chi connectivity index (χ0n) is 8.07. The van der Waals surface area contributed by atoms with E-state index in [2.05, 4.69) is 20.3 Å². The van der Waals surface area contributed by atoms with Crippen LogP contribution in [0.25, 0.3) is 0 Å². The Labute approximate surface area is 90.4 Å². The maximum atomic E-state index is 10.7. The summed E-state index contributed by atoms with van der Waals surface area (Å²) in [7, 11) is 0. The summed E-state index contributed by atoms with van der Waals surface area (Å²) < 4.78 is 0. The minimum atomic E-state index is -0.516. The number of nitro groups is 1. The van der Waals surface area contributed by atoms with Gasteiger partial charge in [-0.15, -0.1) is 0 Å². The fourth-order valence-corrected chi connectivity index (χ4v) is 1.11. The van der Waals surface area contributed by atoms with Crippen molar-refractivity contribution in [3.05, 3.63) is 46.9 Å². The van der Waals surface area contributed by atoms with E-state index >= 15 is 0 Å². The average molecular weight is 217 g/mol. The summed E-state index contributed by atoms with van der Waals surface area (Å²) in [6, 6.07) is 4.51. The molecule has 0 unspecified atom stereocenters. The largest absolute Gasteiger partial charge is 0.311 e. The Kier molecular flexibility index (Phi) is 2.68. The molecular formula is C9H7N5O2. The Balaban J connectivity index is 2.31. The molecule has 0 spiro atoms. The molecule has 0 aliphatic rings. The molecule has 0 aliphatic heterocycles. The Morgan fingerprint density at radius 2 is 1.81 bits per heavy atom. The third-order valence-electron chi connectivity index (χ3n) is 1.78. The molecule has 2 aromatic rings. The van der Waals surface area contributed by atoms with Gasteiger partial charge in [-0.2, -0.15) is 0 Å². The SMILES string of the molecule is O=[N+]([O-])c1cccnc1Nc1ncccn1. The molecule has 0 aliphatic carbocycles. The second-order valence-corrected chi connectivity index (χ2v) is 2.83. The van der Waals surface area contributed by atoms with Crippen LogP contribution in [0.15, 0.2) is 36.8 Å². The molecule has 7 heteroatoms. The van der Waals surface area contributed by atoms with Crippen molar-refractivity contribution in [1.82, 2.24) is 15.0 Å². The number of nitrogens with one attached hydrogen (secondary N) is 1. The first-order valence-corrected chi connectivity index (χ1v) is 4.41. The Bertz CT molecular complexity index is 502. The molecule has 0 atom stereocenters. The van der Waals surface area contributed by atoms with Crippen LogP contribution in [-0.2, 0) is 0 Å². The second kappa shape index (κ2) is 4.30. The smallest absolute Gasteiger partial charge is 0.303 e. The molecule has 0 saturated carbocycles. The van der Waals surface area contributed by atoms with Crippen LogP contribution < -0.4 is 5.32 Å². The molecule has 2 rings (SSSR count). The molecule has 80 valence electrons. The quantitative estimate of drug-likeness (QED) is 0.618. The predicted octanol–water partition coefficient (Wildman–Crippen LogP) is 1.52. The molecule has 0 bridgehead atoms. The van der Waals surface area contributed by atoms with E-state index in [-0.39, 0.29) is 17.5 Å². The molecule has 2 aromatic heterocycles. The summed E-state index contributed by atoms with van der Waals surface area (Å²) in [5.41, 5.74) is -0.116. The summed E-state index contributed by atoms with van der Waals surface area (Å²) in [6.07, 6.45) is 4.52. The normalized spacial score (nSPS) is 9.75. The Morgan fingerprint density at radius 3 is 2.50 bits per heavy atom. The van der Waals surface area contributed by atoms with Crippen LogP contribution in [0, 0.1) is 10.1 Å². The van der Waals surface area contributed by atoms with Gasteiger partial charge in [0.25, 0.3) is 0 Å². The van der Waals surface area contributed by atoms with Gasteiger partial charge in [-0.1, -0.05) is 0 Å². The molecule has 0 radical (unpaired) electrons. The number of hydrogen-bond donors (Lipinski definition) is 1. The Hall–Kier alpha value is -2.57.